The van der Waals surface area contributed by atoms with E-state index in [-0.39, 0.29) is 5.69 Å². The topological polar surface area (TPSA) is 68.4 Å². The molecule has 0 saturated carbocycles. The Labute approximate surface area is 169 Å². The predicted molar refractivity (Wildman–Crippen MR) is 115 cm³/mol. The van der Waals surface area contributed by atoms with Crippen molar-refractivity contribution >= 4 is 44.0 Å². The molecule has 0 aliphatic heterocycles. The highest BCUT2D eigenvalue weighted by Gasteiger charge is 2.11. The minimum absolute atomic E-state index is 0.0832. The zero-order valence-electron chi connectivity index (χ0n) is 14.7. The summed E-state index contributed by atoms with van der Waals surface area (Å²) in [5, 5.41) is 11.7. The molecule has 0 atom stereocenters. The van der Waals surface area contributed by atoms with E-state index in [1.807, 2.05) is 48.5 Å². The second kappa shape index (κ2) is 8.33. The van der Waals surface area contributed by atoms with E-state index in [2.05, 4.69) is 11.1 Å². The van der Waals surface area contributed by atoms with Gasteiger partial charge < -0.3 is 0 Å². The molecule has 0 aliphatic carbocycles. The van der Waals surface area contributed by atoms with Crippen molar-refractivity contribution in [3.8, 4) is 0 Å². The van der Waals surface area contributed by atoms with Crippen molar-refractivity contribution in [1.82, 2.24) is 4.98 Å². The molecule has 138 valence electrons. The van der Waals surface area contributed by atoms with Crippen LogP contribution in [0.4, 0.5) is 5.69 Å². The number of nitrogens with zero attached hydrogens (tertiary/aromatic N) is 3. The third-order valence-corrected chi connectivity index (χ3v) is 6.19. The van der Waals surface area contributed by atoms with Crippen LogP contribution in [0.3, 0.4) is 0 Å². The molecule has 0 unspecified atom stereocenters. The first-order valence-corrected chi connectivity index (χ1v) is 10.2. The summed E-state index contributed by atoms with van der Waals surface area (Å²) in [7, 11) is 0. The highest BCUT2D eigenvalue weighted by atomic mass is 32.2. The van der Waals surface area contributed by atoms with Crippen molar-refractivity contribution in [1.29, 1.82) is 0 Å². The molecular formula is C21H15N3O2S2. The minimum atomic E-state index is -0.397. The van der Waals surface area contributed by atoms with Gasteiger partial charge in [0.2, 0.25) is 0 Å². The van der Waals surface area contributed by atoms with Gasteiger partial charge in [0.1, 0.15) is 5.04 Å². The molecule has 0 N–H and O–H groups in total. The summed E-state index contributed by atoms with van der Waals surface area (Å²) in [6.45, 7) is 0.445. The van der Waals surface area contributed by atoms with E-state index in [1.54, 1.807) is 35.2 Å². The van der Waals surface area contributed by atoms with E-state index >= 15 is 0 Å². The molecule has 4 rings (SSSR count). The maximum Gasteiger partial charge on any atom is 0.269 e. The van der Waals surface area contributed by atoms with Gasteiger partial charge in [0.15, 0.2) is 4.34 Å². The van der Waals surface area contributed by atoms with Gasteiger partial charge in [-0.1, -0.05) is 54.6 Å². The number of benzene rings is 3. The Morgan fingerprint density at radius 3 is 2.43 bits per heavy atom. The van der Waals surface area contributed by atoms with E-state index in [9.17, 15) is 10.1 Å². The van der Waals surface area contributed by atoms with Gasteiger partial charge in [0.05, 0.1) is 21.7 Å². The molecular weight excluding hydrogens is 390 g/mol. The number of thiazole rings is 1. The fourth-order valence-electron chi connectivity index (χ4n) is 2.63. The molecule has 7 heteroatoms. The number of hydrogen-bond donors (Lipinski definition) is 0. The summed E-state index contributed by atoms with van der Waals surface area (Å²) in [5.41, 5.74) is 3.01. The fourth-order valence-corrected chi connectivity index (χ4v) is 4.69. The maximum absolute atomic E-state index is 10.8. The molecule has 1 aromatic heterocycles. The van der Waals surface area contributed by atoms with E-state index < -0.39 is 4.92 Å². The lowest BCUT2D eigenvalue weighted by atomic mass is 10.2. The lowest BCUT2D eigenvalue weighted by Gasteiger charge is -2.05. The van der Waals surface area contributed by atoms with Crippen molar-refractivity contribution in [2.75, 3.05) is 0 Å². The summed E-state index contributed by atoms with van der Waals surface area (Å²) < 4.78 is 2.08. The van der Waals surface area contributed by atoms with Crippen LogP contribution in [0, 0.1) is 10.1 Å². The van der Waals surface area contributed by atoms with Gasteiger partial charge in [-0.3, -0.25) is 15.1 Å². The molecule has 0 radical (unpaired) electrons. The van der Waals surface area contributed by atoms with Crippen LogP contribution in [0.25, 0.3) is 10.2 Å². The summed E-state index contributed by atoms with van der Waals surface area (Å²) in [4.78, 5) is 19.9. The van der Waals surface area contributed by atoms with E-state index in [0.717, 1.165) is 30.7 Å². The van der Waals surface area contributed by atoms with Crippen molar-refractivity contribution in [2.45, 2.75) is 10.9 Å². The van der Waals surface area contributed by atoms with Crippen molar-refractivity contribution in [2.24, 2.45) is 4.99 Å². The number of aromatic nitrogens is 1. The molecule has 5 nitrogen and oxygen atoms in total. The second-order valence-corrected chi connectivity index (χ2v) is 8.23. The summed E-state index contributed by atoms with van der Waals surface area (Å²) in [6, 6.07) is 24.5. The lowest BCUT2D eigenvalue weighted by molar-refractivity contribution is -0.384. The predicted octanol–water partition coefficient (Wildman–Crippen LogP) is 5.94. The third kappa shape index (κ3) is 4.27. The second-order valence-electron chi connectivity index (χ2n) is 5.96. The Morgan fingerprint density at radius 1 is 1.00 bits per heavy atom. The Morgan fingerprint density at radius 2 is 1.71 bits per heavy atom. The van der Waals surface area contributed by atoms with Gasteiger partial charge >= 0.3 is 0 Å². The number of non-ortho nitro benzene ring substituents is 1. The first-order valence-electron chi connectivity index (χ1n) is 8.56. The Hall–Kier alpha value is -3.03. The number of aliphatic imine (C=N–C) groups is 1. The fraction of sp³-hybridized carbons (Fsp3) is 0.0476. The SMILES string of the molecule is O=[N+]([O-])c1ccc(CN=C(Sc2nc3ccccc3s2)c2ccccc2)cc1. The number of fused-ring (bicyclic) bond motifs is 1. The number of para-hydroxylation sites is 1. The number of rotatable bonds is 5. The quantitative estimate of drug-likeness (QED) is 0.135. The normalized spacial score (nSPS) is 11.6. The highest BCUT2D eigenvalue weighted by Crippen LogP contribution is 2.32. The maximum atomic E-state index is 10.8. The van der Waals surface area contributed by atoms with Gasteiger partial charge in [-0.05, 0) is 29.5 Å². The largest absolute Gasteiger partial charge is 0.273 e. The number of nitro groups is 1. The monoisotopic (exact) mass is 405 g/mol. The van der Waals surface area contributed by atoms with Crippen LogP contribution in [-0.2, 0) is 6.54 Å². The third-order valence-electron chi connectivity index (χ3n) is 4.03. The Balaban J connectivity index is 1.61. The van der Waals surface area contributed by atoms with Crippen LogP contribution < -0.4 is 0 Å². The van der Waals surface area contributed by atoms with Gasteiger partial charge in [-0.15, -0.1) is 11.3 Å². The highest BCUT2D eigenvalue weighted by molar-refractivity contribution is 8.15. The molecule has 3 aromatic carbocycles. The standard InChI is InChI=1S/C21H15N3O2S2/c25-24(26)17-12-10-15(11-13-17)14-22-20(16-6-2-1-3-7-16)28-21-23-18-8-4-5-9-19(18)27-21/h1-13H,14H2. The number of nitro benzene ring substituents is 1. The van der Waals surface area contributed by atoms with Crippen LogP contribution in [0.15, 0.2) is 88.2 Å². The number of thioether (sulfide) groups is 1. The molecule has 0 fully saturated rings. The van der Waals surface area contributed by atoms with Crippen LogP contribution >= 0.6 is 23.1 Å². The van der Waals surface area contributed by atoms with Crippen molar-refractivity contribution in [3.05, 3.63) is 100 Å². The Bertz CT molecular complexity index is 1110. The smallest absolute Gasteiger partial charge is 0.269 e. The van der Waals surface area contributed by atoms with E-state index in [1.165, 1.54) is 12.1 Å². The van der Waals surface area contributed by atoms with Crippen molar-refractivity contribution < 1.29 is 4.92 Å². The first-order chi connectivity index (χ1) is 13.7. The zero-order valence-corrected chi connectivity index (χ0v) is 16.3. The number of hydrogen-bond acceptors (Lipinski definition) is 6. The van der Waals surface area contributed by atoms with Gasteiger partial charge in [-0.25, -0.2) is 4.98 Å². The first kappa shape index (κ1) is 18.3. The molecule has 0 aliphatic rings. The van der Waals surface area contributed by atoms with Gasteiger partial charge in [0.25, 0.3) is 5.69 Å². The molecule has 0 spiro atoms. The van der Waals surface area contributed by atoms with Crippen LogP contribution in [0.5, 0.6) is 0 Å². The van der Waals surface area contributed by atoms with Gasteiger partial charge in [0, 0.05) is 17.7 Å². The molecule has 28 heavy (non-hydrogen) atoms. The van der Waals surface area contributed by atoms with Crippen molar-refractivity contribution in [3.63, 3.8) is 0 Å². The molecule has 1 heterocycles. The summed E-state index contributed by atoms with van der Waals surface area (Å²) in [6.07, 6.45) is 0. The minimum Gasteiger partial charge on any atom is -0.273 e. The van der Waals surface area contributed by atoms with Gasteiger partial charge in [-0.2, -0.15) is 0 Å². The molecule has 4 aromatic rings. The van der Waals surface area contributed by atoms with E-state index in [0.29, 0.717) is 6.54 Å². The van der Waals surface area contributed by atoms with E-state index in [4.69, 9.17) is 4.99 Å². The Kier molecular flexibility index (Phi) is 5.45. The van der Waals surface area contributed by atoms with Crippen LogP contribution in [0.2, 0.25) is 0 Å². The average Bonchev–Trinajstić information content (AvgIpc) is 3.14. The van der Waals surface area contributed by atoms with Crippen LogP contribution in [0.1, 0.15) is 11.1 Å². The molecule has 0 bridgehead atoms. The van der Waals surface area contributed by atoms with Crippen LogP contribution in [-0.4, -0.2) is 15.0 Å². The molecule has 0 amide bonds. The summed E-state index contributed by atoms with van der Waals surface area (Å²) in [5.74, 6) is 0. The summed E-state index contributed by atoms with van der Waals surface area (Å²) >= 11 is 3.19. The lowest BCUT2D eigenvalue weighted by Crippen LogP contribution is -1.97. The molecule has 0 saturated heterocycles. The average molecular weight is 406 g/mol. The zero-order chi connectivity index (χ0) is 19.3.